The zero-order chi connectivity index (χ0) is 19.8. The standard InChI is InChI=1S/C22H22FN3O2/c1-2-19(16-6-4-3-5-7-16)22(27)24-14-15-28-21-13-12-20(25-26-21)17-8-10-18(23)11-9-17/h3-13,19H,2,14-15H2,1H3,(H,24,27). The molecule has 1 unspecified atom stereocenters. The van der Waals surface area contributed by atoms with E-state index in [-0.39, 0.29) is 17.6 Å². The van der Waals surface area contributed by atoms with Crippen molar-refractivity contribution in [3.63, 3.8) is 0 Å². The van der Waals surface area contributed by atoms with Gasteiger partial charge in [0.1, 0.15) is 12.4 Å². The lowest BCUT2D eigenvalue weighted by atomic mass is 9.96. The van der Waals surface area contributed by atoms with Crippen LogP contribution in [-0.2, 0) is 4.79 Å². The number of nitrogens with one attached hydrogen (secondary N) is 1. The third-order valence-corrected chi connectivity index (χ3v) is 4.36. The highest BCUT2D eigenvalue weighted by molar-refractivity contribution is 5.83. The molecule has 144 valence electrons. The summed E-state index contributed by atoms with van der Waals surface area (Å²) in [5.41, 5.74) is 2.42. The van der Waals surface area contributed by atoms with Gasteiger partial charge in [0, 0.05) is 11.6 Å². The van der Waals surface area contributed by atoms with E-state index < -0.39 is 0 Å². The molecule has 0 radical (unpaired) electrons. The first kappa shape index (κ1) is 19.5. The van der Waals surface area contributed by atoms with Crippen molar-refractivity contribution in [3.05, 3.63) is 78.1 Å². The van der Waals surface area contributed by atoms with E-state index in [1.165, 1.54) is 12.1 Å². The van der Waals surface area contributed by atoms with Crippen molar-refractivity contribution in [3.8, 4) is 17.1 Å². The molecule has 28 heavy (non-hydrogen) atoms. The molecule has 0 aliphatic carbocycles. The molecule has 0 bridgehead atoms. The first-order chi connectivity index (χ1) is 13.7. The highest BCUT2D eigenvalue weighted by Crippen LogP contribution is 2.19. The van der Waals surface area contributed by atoms with E-state index in [2.05, 4.69) is 15.5 Å². The van der Waals surface area contributed by atoms with E-state index in [4.69, 9.17) is 4.74 Å². The molecule has 6 heteroatoms. The number of benzene rings is 2. The first-order valence-corrected chi connectivity index (χ1v) is 9.22. The summed E-state index contributed by atoms with van der Waals surface area (Å²) in [6.45, 7) is 2.66. The average molecular weight is 379 g/mol. The van der Waals surface area contributed by atoms with Gasteiger partial charge in [-0.05, 0) is 42.3 Å². The summed E-state index contributed by atoms with van der Waals surface area (Å²) in [7, 11) is 0. The Morgan fingerprint density at radius 1 is 1.04 bits per heavy atom. The summed E-state index contributed by atoms with van der Waals surface area (Å²) in [5, 5.41) is 11.0. The molecule has 1 amide bonds. The number of hydrogen-bond acceptors (Lipinski definition) is 4. The molecule has 3 aromatic rings. The van der Waals surface area contributed by atoms with Crippen molar-refractivity contribution < 1.29 is 13.9 Å². The second kappa shape index (κ2) is 9.60. The van der Waals surface area contributed by atoms with Crippen molar-refractivity contribution in [2.75, 3.05) is 13.2 Å². The lowest BCUT2D eigenvalue weighted by Crippen LogP contribution is -2.32. The number of nitrogens with zero attached hydrogens (tertiary/aromatic N) is 2. The number of carbonyl (C=O) groups is 1. The SMILES string of the molecule is CCC(C(=O)NCCOc1ccc(-c2ccc(F)cc2)nn1)c1ccccc1. The van der Waals surface area contributed by atoms with Crippen molar-refractivity contribution in [2.45, 2.75) is 19.3 Å². The summed E-state index contributed by atoms with van der Waals surface area (Å²) in [4.78, 5) is 12.4. The van der Waals surface area contributed by atoms with Crippen molar-refractivity contribution in [2.24, 2.45) is 0 Å². The Morgan fingerprint density at radius 3 is 2.43 bits per heavy atom. The van der Waals surface area contributed by atoms with Crippen LogP contribution in [0.3, 0.4) is 0 Å². The van der Waals surface area contributed by atoms with Gasteiger partial charge >= 0.3 is 0 Å². The monoisotopic (exact) mass is 379 g/mol. The molecular weight excluding hydrogens is 357 g/mol. The molecule has 0 saturated heterocycles. The van der Waals surface area contributed by atoms with Gasteiger partial charge in [0.2, 0.25) is 11.8 Å². The van der Waals surface area contributed by atoms with Gasteiger partial charge in [-0.2, -0.15) is 0 Å². The van der Waals surface area contributed by atoms with Gasteiger partial charge < -0.3 is 10.1 Å². The van der Waals surface area contributed by atoms with Crippen LogP contribution in [0.4, 0.5) is 4.39 Å². The van der Waals surface area contributed by atoms with Crippen LogP contribution >= 0.6 is 0 Å². The zero-order valence-electron chi connectivity index (χ0n) is 15.6. The number of carbonyl (C=O) groups excluding carboxylic acids is 1. The average Bonchev–Trinajstić information content (AvgIpc) is 2.74. The van der Waals surface area contributed by atoms with Crippen LogP contribution in [0.2, 0.25) is 0 Å². The number of aromatic nitrogens is 2. The molecular formula is C22H22FN3O2. The Bertz CT molecular complexity index is 884. The Labute approximate surface area is 163 Å². The van der Waals surface area contributed by atoms with E-state index in [1.54, 1.807) is 24.3 Å². The second-order valence-corrected chi connectivity index (χ2v) is 6.27. The Morgan fingerprint density at radius 2 is 1.79 bits per heavy atom. The Kier molecular flexibility index (Phi) is 6.68. The topological polar surface area (TPSA) is 64.1 Å². The van der Waals surface area contributed by atoms with Gasteiger partial charge in [-0.1, -0.05) is 37.3 Å². The van der Waals surface area contributed by atoms with Crippen LogP contribution in [0.5, 0.6) is 5.88 Å². The predicted octanol–water partition coefficient (Wildman–Crippen LogP) is 3.97. The van der Waals surface area contributed by atoms with Crippen molar-refractivity contribution >= 4 is 5.91 Å². The number of amides is 1. The van der Waals surface area contributed by atoms with Gasteiger partial charge in [-0.15, -0.1) is 10.2 Å². The lowest BCUT2D eigenvalue weighted by Gasteiger charge is -2.15. The van der Waals surface area contributed by atoms with Crippen molar-refractivity contribution in [1.82, 2.24) is 15.5 Å². The van der Waals surface area contributed by atoms with Gasteiger partial charge in [0.25, 0.3) is 0 Å². The Balaban J connectivity index is 1.47. The Hall–Kier alpha value is -3.28. The smallest absolute Gasteiger partial charge is 0.233 e. The molecule has 0 spiro atoms. The molecule has 0 fully saturated rings. The van der Waals surface area contributed by atoms with E-state index >= 15 is 0 Å². The molecule has 0 aliphatic heterocycles. The molecule has 1 N–H and O–H groups in total. The largest absolute Gasteiger partial charge is 0.475 e. The quantitative estimate of drug-likeness (QED) is 0.602. The highest BCUT2D eigenvalue weighted by atomic mass is 19.1. The molecule has 5 nitrogen and oxygen atoms in total. The van der Waals surface area contributed by atoms with Gasteiger partial charge in [0.15, 0.2) is 0 Å². The van der Waals surface area contributed by atoms with E-state index in [1.807, 2.05) is 37.3 Å². The minimum absolute atomic E-state index is 0.0185. The number of ether oxygens (including phenoxy) is 1. The van der Waals surface area contributed by atoms with Crippen LogP contribution in [-0.4, -0.2) is 29.3 Å². The second-order valence-electron chi connectivity index (χ2n) is 6.27. The predicted molar refractivity (Wildman–Crippen MR) is 105 cm³/mol. The van der Waals surface area contributed by atoms with Crippen LogP contribution in [0.1, 0.15) is 24.8 Å². The van der Waals surface area contributed by atoms with Gasteiger partial charge in [0.05, 0.1) is 18.2 Å². The lowest BCUT2D eigenvalue weighted by molar-refractivity contribution is -0.122. The zero-order valence-corrected chi connectivity index (χ0v) is 15.6. The maximum atomic E-state index is 13.0. The maximum absolute atomic E-state index is 13.0. The van der Waals surface area contributed by atoms with Gasteiger partial charge in [-0.3, -0.25) is 4.79 Å². The van der Waals surface area contributed by atoms with Crippen LogP contribution in [0.25, 0.3) is 11.3 Å². The summed E-state index contributed by atoms with van der Waals surface area (Å²) in [6.07, 6.45) is 0.729. The molecule has 0 saturated carbocycles. The number of rotatable bonds is 8. The molecule has 1 atom stereocenters. The van der Waals surface area contributed by atoms with Crippen LogP contribution in [0.15, 0.2) is 66.7 Å². The summed E-state index contributed by atoms with van der Waals surface area (Å²) >= 11 is 0. The van der Waals surface area contributed by atoms with E-state index in [0.717, 1.165) is 17.5 Å². The summed E-state index contributed by atoms with van der Waals surface area (Å²) in [5.74, 6) is -0.113. The first-order valence-electron chi connectivity index (χ1n) is 9.22. The summed E-state index contributed by atoms with van der Waals surface area (Å²) in [6, 6.07) is 19.2. The third-order valence-electron chi connectivity index (χ3n) is 4.36. The van der Waals surface area contributed by atoms with Crippen LogP contribution < -0.4 is 10.1 Å². The molecule has 1 heterocycles. The number of halogens is 1. The fraction of sp³-hybridized carbons (Fsp3) is 0.227. The van der Waals surface area contributed by atoms with Crippen LogP contribution in [0, 0.1) is 5.82 Å². The molecule has 1 aromatic heterocycles. The molecule has 3 rings (SSSR count). The molecule has 2 aromatic carbocycles. The fourth-order valence-electron chi connectivity index (χ4n) is 2.88. The van der Waals surface area contributed by atoms with E-state index in [9.17, 15) is 9.18 Å². The highest BCUT2D eigenvalue weighted by Gasteiger charge is 2.17. The third kappa shape index (κ3) is 5.13. The minimum atomic E-state index is -0.295. The number of hydrogen-bond donors (Lipinski definition) is 1. The minimum Gasteiger partial charge on any atom is -0.475 e. The van der Waals surface area contributed by atoms with Gasteiger partial charge in [-0.25, -0.2) is 4.39 Å². The normalized spacial score (nSPS) is 11.6. The maximum Gasteiger partial charge on any atom is 0.233 e. The molecule has 0 aliphatic rings. The fourth-order valence-corrected chi connectivity index (χ4v) is 2.88. The summed E-state index contributed by atoms with van der Waals surface area (Å²) < 4.78 is 18.5. The van der Waals surface area contributed by atoms with E-state index in [0.29, 0.717) is 24.7 Å². The van der Waals surface area contributed by atoms with Crippen molar-refractivity contribution in [1.29, 1.82) is 0 Å².